The van der Waals surface area contributed by atoms with Gasteiger partial charge in [-0.2, -0.15) is 0 Å². The first-order chi connectivity index (χ1) is 12.6. The molecule has 2 aromatic carbocycles. The van der Waals surface area contributed by atoms with Crippen molar-refractivity contribution < 1.29 is 0 Å². The van der Waals surface area contributed by atoms with Crippen molar-refractivity contribution in [2.75, 3.05) is 0 Å². The van der Waals surface area contributed by atoms with E-state index < -0.39 is 0 Å². The largest absolute Gasteiger partial charge is 0.287 e. The first-order valence-electron chi connectivity index (χ1n) is 8.86. The zero-order valence-electron chi connectivity index (χ0n) is 15.1. The van der Waals surface area contributed by atoms with Gasteiger partial charge in [-0.25, -0.2) is 9.67 Å². The van der Waals surface area contributed by atoms with Crippen molar-refractivity contribution in [2.45, 2.75) is 44.3 Å². The molecule has 0 unspecified atom stereocenters. The maximum absolute atomic E-state index is 5.62. The molecule has 0 atom stereocenters. The van der Waals surface area contributed by atoms with Crippen LogP contribution in [0.3, 0.4) is 0 Å². The Morgan fingerprint density at radius 2 is 1.69 bits per heavy atom. The third-order valence-corrected chi connectivity index (χ3v) is 5.23. The Morgan fingerprint density at radius 1 is 1.04 bits per heavy atom. The Labute approximate surface area is 158 Å². The average Bonchev–Trinajstić information content (AvgIpc) is 3.25. The molecule has 3 aromatic rings. The Kier molecular flexibility index (Phi) is 4.80. The van der Waals surface area contributed by atoms with Gasteiger partial charge in [-0.15, -0.1) is 5.10 Å². The molecule has 6 heteroatoms. The Balaban J connectivity index is 1.58. The first-order valence-corrected chi connectivity index (χ1v) is 9.74. The van der Waals surface area contributed by atoms with Crippen LogP contribution in [0.5, 0.6) is 0 Å². The minimum absolute atomic E-state index is 0.301. The molecule has 4 rings (SSSR count). The fraction of sp³-hybridized carbons (Fsp3) is 0.300. The van der Waals surface area contributed by atoms with Crippen LogP contribution in [0.1, 0.15) is 42.5 Å². The van der Waals surface area contributed by atoms with Crippen molar-refractivity contribution in [3.63, 3.8) is 0 Å². The van der Waals surface area contributed by atoms with E-state index in [4.69, 9.17) is 15.2 Å². The van der Waals surface area contributed by atoms with Gasteiger partial charge >= 0.3 is 0 Å². The number of nitrogens with zero attached hydrogens (tertiary/aromatic N) is 4. The summed E-state index contributed by atoms with van der Waals surface area (Å²) < 4.78 is 1.97. The lowest BCUT2D eigenvalue weighted by Gasteiger charge is -2.11. The van der Waals surface area contributed by atoms with E-state index in [2.05, 4.69) is 43.0 Å². The standard InChI is InChI=1S/C20H23N5S/c1-14(2)20-22-19(13-24-11-15-5-3-4-6-16(15)12-24)23-25(20)17-7-9-18(26-21)10-8-17/h3-10,14H,11-13,21H2,1-2H3. The molecule has 0 bridgehead atoms. The zero-order valence-corrected chi connectivity index (χ0v) is 15.9. The summed E-state index contributed by atoms with van der Waals surface area (Å²) in [7, 11) is 0. The minimum atomic E-state index is 0.301. The highest BCUT2D eigenvalue weighted by atomic mass is 32.2. The predicted octanol–water partition coefficient (Wildman–Crippen LogP) is 3.87. The number of fused-ring (bicyclic) bond motifs is 1. The predicted molar refractivity (Wildman–Crippen MR) is 105 cm³/mol. The number of nitrogens with two attached hydrogens (primary N) is 1. The van der Waals surface area contributed by atoms with Gasteiger partial charge in [-0.1, -0.05) is 38.1 Å². The molecule has 0 fully saturated rings. The maximum atomic E-state index is 5.62. The second-order valence-electron chi connectivity index (χ2n) is 6.98. The third-order valence-electron chi connectivity index (χ3n) is 4.68. The van der Waals surface area contributed by atoms with E-state index in [9.17, 15) is 0 Å². The van der Waals surface area contributed by atoms with Crippen LogP contribution >= 0.6 is 11.9 Å². The van der Waals surface area contributed by atoms with Crippen molar-refractivity contribution in [1.82, 2.24) is 19.7 Å². The maximum Gasteiger partial charge on any atom is 0.165 e. The molecule has 134 valence electrons. The van der Waals surface area contributed by atoms with E-state index in [1.807, 2.05) is 28.9 Å². The molecule has 1 aliphatic rings. The molecule has 0 radical (unpaired) electrons. The van der Waals surface area contributed by atoms with E-state index in [0.717, 1.165) is 41.9 Å². The molecule has 0 aliphatic carbocycles. The molecule has 0 saturated heterocycles. The van der Waals surface area contributed by atoms with E-state index in [1.54, 1.807) is 0 Å². The Hall–Kier alpha value is -2.15. The summed E-state index contributed by atoms with van der Waals surface area (Å²) in [5.41, 5.74) is 3.84. The topological polar surface area (TPSA) is 60.0 Å². The lowest BCUT2D eigenvalue weighted by atomic mass is 10.1. The second-order valence-corrected chi connectivity index (χ2v) is 7.69. The molecule has 0 saturated carbocycles. The summed E-state index contributed by atoms with van der Waals surface area (Å²) >= 11 is 1.25. The van der Waals surface area contributed by atoms with Crippen LogP contribution in [0.2, 0.25) is 0 Å². The summed E-state index contributed by atoms with van der Waals surface area (Å²) in [6, 6.07) is 16.8. The van der Waals surface area contributed by atoms with Gasteiger partial charge in [0.1, 0.15) is 5.82 Å². The van der Waals surface area contributed by atoms with Crippen LogP contribution in [0.25, 0.3) is 5.69 Å². The van der Waals surface area contributed by atoms with E-state index in [-0.39, 0.29) is 0 Å². The van der Waals surface area contributed by atoms with Crippen LogP contribution in [-0.2, 0) is 19.6 Å². The van der Waals surface area contributed by atoms with E-state index >= 15 is 0 Å². The number of aromatic nitrogens is 3. The number of hydrogen-bond acceptors (Lipinski definition) is 5. The van der Waals surface area contributed by atoms with Crippen LogP contribution < -0.4 is 5.14 Å². The molecule has 2 heterocycles. The van der Waals surface area contributed by atoms with E-state index in [1.165, 1.54) is 23.1 Å². The van der Waals surface area contributed by atoms with Crippen LogP contribution in [0, 0.1) is 0 Å². The molecule has 5 nitrogen and oxygen atoms in total. The second kappa shape index (κ2) is 7.23. The van der Waals surface area contributed by atoms with Crippen LogP contribution in [0.15, 0.2) is 53.4 Å². The lowest BCUT2D eigenvalue weighted by molar-refractivity contribution is 0.268. The van der Waals surface area contributed by atoms with Gasteiger partial charge in [0.15, 0.2) is 5.82 Å². The van der Waals surface area contributed by atoms with Gasteiger partial charge < -0.3 is 0 Å². The van der Waals surface area contributed by atoms with Crippen molar-refractivity contribution in [1.29, 1.82) is 0 Å². The monoisotopic (exact) mass is 365 g/mol. The van der Waals surface area contributed by atoms with Crippen molar-refractivity contribution >= 4 is 11.9 Å². The summed E-state index contributed by atoms with van der Waals surface area (Å²) in [5, 5.41) is 10.4. The zero-order chi connectivity index (χ0) is 18.1. The Bertz CT molecular complexity index is 876. The molecule has 1 aromatic heterocycles. The fourth-order valence-corrected chi connectivity index (χ4v) is 3.67. The third kappa shape index (κ3) is 3.40. The number of hydrogen-bond donors (Lipinski definition) is 1. The fourth-order valence-electron chi connectivity index (χ4n) is 3.38. The number of benzene rings is 2. The SMILES string of the molecule is CC(C)c1nc(CN2Cc3ccccc3C2)nn1-c1ccc(SN)cc1. The molecular formula is C20H23N5S. The van der Waals surface area contributed by atoms with Gasteiger partial charge in [0, 0.05) is 23.9 Å². The van der Waals surface area contributed by atoms with E-state index in [0.29, 0.717) is 5.92 Å². The van der Waals surface area contributed by atoms with Crippen LogP contribution in [0.4, 0.5) is 0 Å². The van der Waals surface area contributed by atoms with Crippen molar-refractivity contribution in [3.8, 4) is 5.69 Å². The quantitative estimate of drug-likeness (QED) is 0.696. The van der Waals surface area contributed by atoms with Gasteiger partial charge in [-0.3, -0.25) is 10.0 Å². The van der Waals surface area contributed by atoms with Gasteiger partial charge in [0.05, 0.1) is 12.2 Å². The van der Waals surface area contributed by atoms with Crippen molar-refractivity contribution in [3.05, 3.63) is 71.3 Å². The lowest BCUT2D eigenvalue weighted by Crippen LogP contribution is -2.16. The Morgan fingerprint density at radius 3 is 2.27 bits per heavy atom. The first kappa shape index (κ1) is 17.3. The van der Waals surface area contributed by atoms with Crippen LogP contribution in [-0.4, -0.2) is 19.7 Å². The summed E-state index contributed by atoms with van der Waals surface area (Å²) in [6.07, 6.45) is 0. The highest BCUT2D eigenvalue weighted by Gasteiger charge is 2.21. The molecule has 2 N–H and O–H groups in total. The average molecular weight is 366 g/mol. The summed E-state index contributed by atoms with van der Waals surface area (Å²) in [5.74, 6) is 2.17. The molecule has 26 heavy (non-hydrogen) atoms. The van der Waals surface area contributed by atoms with Gasteiger partial charge in [0.2, 0.25) is 0 Å². The molecule has 1 aliphatic heterocycles. The molecular weight excluding hydrogens is 342 g/mol. The number of rotatable bonds is 5. The van der Waals surface area contributed by atoms with Crippen molar-refractivity contribution in [2.24, 2.45) is 5.14 Å². The highest BCUT2D eigenvalue weighted by Crippen LogP contribution is 2.25. The smallest absolute Gasteiger partial charge is 0.165 e. The minimum Gasteiger partial charge on any atom is -0.287 e. The highest BCUT2D eigenvalue weighted by molar-refractivity contribution is 7.97. The van der Waals surface area contributed by atoms with Gasteiger partial charge in [-0.05, 0) is 47.3 Å². The molecule has 0 spiro atoms. The normalized spacial score (nSPS) is 14.2. The summed E-state index contributed by atoms with van der Waals surface area (Å²) in [4.78, 5) is 8.26. The van der Waals surface area contributed by atoms with Gasteiger partial charge in [0.25, 0.3) is 0 Å². The summed E-state index contributed by atoms with van der Waals surface area (Å²) in [6.45, 7) is 6.99. The molecule has 0 amide bonds.